The van der Waals surface area contributed by atoms with E-state index in [0.29, 0.717) is 41.9 Å². The number of nitrogens with zero attached hydrogens (tertiary/aromatic N) is 2. The average molecular weight is 498 g/mol. The number of fused-ring (bicyclic) bond motifs is 1. The molecule has 1 saturated heterocycles. The SMILES string of the molecule is COc1ccc(C(=O)NN(C(=O)C(C)C)C2CC(=O)N(c3ccc4c(c3)OCCO4)C2=O)cc1OC. The van der Waals surface area contributed by atoms with Crippen LogP contribution in [0.25, 0.3) is 0 Å². The molecule has 0 aromatic heterocycles. The zero-order valence-electron chi connectivity index (χ0n) is 20.4. The second-order valence-corrected chi connectivity index (χ2v) is 8.49. The summed E-state index contributed by atoms with van der Waals surface area (Å²) in [6, 6.07) is 8.02. The zero-order chi connectivity index (χ0) is 26.0. The molecule has 1 N–H and O–H groups in total. The first-order valence-electron chi connectivity index (χ1n) is 11.4. The Bertz CT molecular complexity index is 1210. The lowest BCUT2D eigenvalue weighted by Gasteiger charge is -2.29. The highest BCUT2D eigenvalue weighted by molar-refractivity contribution is 6.23. The van der Waals surface area contributed by atoms with Gasteiger partial charge in [0.15, 0.2) is 23.0 Å². The van der Waals surface area contributed by atoms with E-state index in [1.54, 1.807) is 38.1 Å². The van der Waals surface area contributed by atoms with Gasteiger partial charge < -0.3 is 18.9 Å². The first-order valence-corrected chi connectivity index (χ1v) is 11.4. The maximum atomic E-state index is 13.4. The molecule has 0 saturated carbocycles. The molecule has 11 nitrogen and oxygen atoms in total. The van der Waals surface area contributed by atoms with E-state index >= 15 is 0 Å². The maximum Gasteiger partial charge on any atom is 0.270 e. The molecule has 0 bridgehead atoms. The van der Waals surface area contributed by atoms with Crippen LogP contribution >= 0.6 is 0 Å². The summed E-state index contributed by atoms with van der Waals surface area (Å²) in [5.74, 6) is -1.19. The fraction of sp³-hybridized carbons (Fsp3) is 0.360. The van der Waals surface area contributed by atoms with Gasteiger partial charge in [-0.3, -0.25) is 24.6 Å². The fourth-order valence-corrected chi connectivity index (χ4v) is 3.98. The number of carbonyl (C=O) groups excluding carboxylic acids is 4. The van der Waals surface area contributed by atoms with Crippen molar-refractivity contribution in [2.75, 3.05) is 32.3 Å². The lowest BCUT2D eigenvalue weighted by atomic mass is 10.1. The van der Waals surface area contributed by atoms with E-state index in [0.717, 1.165) is 9.91 Å². The van der Waals surface area contributed by atoms with Gasteiger partial charge in [-0.25, -0.2) is 9.91 Å². The number of hydrazine groups is 1. The van der Waals surface area contributed by atoms with Crippen molar-refractivity contribution in [3.8, 4) is 23.0 Å². The lowest BCUT2D eigenvalue weighted by molar-refractivity contribution is -0.143. The highest BCUT2D eigenvalue weighted by atomic mass is 16.6. The van der Waals surface area contributed by atoms with Crippen molar-refractivity contribution in [1.82, 2.24) is 10.4 Å². The van der Waals surface area contributed by atoms with Crippen LogP contribution in [-0.2, 0) is 14.4 Å². The third-order valence-corrected chi connectivity index (χ3v) is 5.82. The second-order valence-electron chi connectivity index (χ2n) is 8.49. The summed E-state index contributed by atoms with van der Waals surface area (Å²) in [6.07, 6.45) is -0.294. The summed E-state index contributed by atoms with van der Waals surface area (Å²) >= 11 is 0. The zero-order valence-corrected chi connectivity index (χ0v) is 20.4. The Kier molecular flexibility index (Phi) is 7.00. The van der Waals surface area contributed by atoms with Crippen LogP contribution in [0.15, 0.2) is 36.4 Å². The number of nitrogens with one attached hydrogen (secondary N) is 1. The molecule has 2 aromatic rings. The van der Waals surface area contributed by atoms with Gasteiger partial charge in [-0.05, 0) is 30.3 Å². The van der Waals surface area contributed by atoms with E-state index in [9.17, 15) is 19.2 Å². The summed E-state index contributed by atoms with van der Waals surface area (Å²) in [7, 11) is 2.90. The smallest absolute Gasteiger partial charge is 0.270 e. The third-order valence-electron chi connectivity index (χ3n) is 5.82. The Balaban J connectivity index is 1.61. The highest BCUT2D eigenvalue weighted by Crippen LogP contribution is 2.36. The molecule has 190 valence electrons. The molecule has 2 aliphatic heterocycles. The normalized spacial score (nSPS) is 16.7. The van der Waals surface area contributed by atoms with E-state index in [2.05, 4.69) is 5.43 Å². The van der Waals surface area contributed by atoms with Gasteiger partial charge in [-0.1, -0.05) is 13.8 Å². The molecular formula is C25H27N3O8. The van der Waals surface area contributed by atoms with Gasteiger partial charge in [-0.2, -0.15) is 0 Å². The quantitative estimate of drug-likeness (QED) is 0.474. The van der Waals surface area contributed by atoms with Gasteiger partial charge in [-0.15, -0.1) is 0 Å². The van der Waals surface area contributed by atoms with Crippen LogP contribution in [0.4, 0.5) is 5.69 Å². The van der Waals surface area contributed by atoms with Crippen molar-refractivity contribution in [3.63, 3.8) is 0 Å². The van der Waals surface area contributed by atoms with Gasteiger partial charge in [0.1, 0.15) is 19.3 Å². The van der Waals surface area contributed by atoms with Crippen LogP contribution in [0.5, 0.6) is 23.0 Å². The number of hydrogen-bond donors (Lipinski definition) is 1. The minimum Gasteiger partial charge on any atom is -0.493 e. The van der Waals surface area contributed by atoms with Crippen LogP contribution in [0.2, 0.25) is 0 Å². The molecule has 36 heavy (non-hydrogen) atoms. The average Bonchev–Trinajstić information content (AvgIpc) is 3.18. The Morgan fingerprint density at radius 2 is 1.69 bits per heavy atom. The van der Waals surface area contributed by atoms with Crippen molar-refractivity contribution < 1.29 is 38.1 Å². The lowest BCUT2D eigenvalue weighted by Crippen LogP contribution is -2.55. The summed E-state index contributed by atoms with van der Waals surface area (Å²) in [5.41, 5.74) is 2.99. The van der Waals surface area contributed by atoms with Crippen molar-refractivity contribution in [2.45, 2.75) is 26.3 Å². The largest absolute Gasteiger partial charge is 0.493 e. The first-order chi connectivity index (χ1) is 17.2. The molecule has 4 amide bonds. The number of rotatable bonds is 6. The highest BCUT2D eigenvalue weighted by Gasteiger charge is 2.46. The Morgan fingerprint density at radius 1 is 1.00 bits per heavy atom. The molecular weight excluding hydrogens is 470 g/mol. The summed E-state index contributed by atoms with van der Waals surface area (Å²) in [6.45, 7) is 4.03. The molecule has 0 spiro atoms. The second kappa shape index (κ2) is 10.1. The minimum atomic E-state index is -1.22. The molecule has 0 radical (unpaired) electrons. The van der Waals surface area contributed by atoms with Crippen LogP contribution in [0.3, 0.4) is 0 Å². The monoisotopic (exact) mass is 497 g/mol. The molecule has 4 rings (SSSR count). The molecule has 11 heteroatoms. The van der Waals surface area contributed by atoms with Gasteiger partial charge in [0.2, 0.25) is 11.8 Å². The molecule has 2 heterocycles. The summed E-state index contributed by atoms with van der Waals surface area (Å²) in [5, 5.41) is 0.946. The van der Waals surface area contributed by atoms with E-state index < -0.39 is 35.6 Å². The predicted molar refractivity (Wildman–Crippen MR) is 127 cm³/mol. The standard InChI is InChI=1S/C25H27N3O8/c1-14(2)24(31)28(26-23(30)15-5-7-18(33-3)20(11-15)34-4)17-13-22(29)27(25(17)32)16-6-8-19-21(12-16)36-10-9-35-19/h5-8,11-12,14,17H,9-10,13H2,1-4H3,(H,26,30). The Hall–Kier alpha value is -4.28. The number of benzene rings is 2. The van der Waals surface area contributed by atoms with Gasteiger partial charge in [0, 0.05) is 17.5 Å². The Morgan fingerprint density at radius 3 is 2.36 bits per heavy atom. The van der Waals surface area contributed by atoms with Crippen molar-refractivity contribution in [3.05, 3.63) is 42.0 Å². The van der Waals surface area contributed by atoms with Crippen LogP contribution < -0.4 is 29.3 Å². The molecule has 2 aliphatic rings. The van der Waals surface area contributed by atoms with E-state index in [1.165, 1.54) is 26.4 Å². The first kappa shape index (κ1) is 24.8. The van der Waals surface area contributed by atoms with Crippen LogP contribution in [-0.4, -0.2) is 62.1 Å². The van der Waals surface area contributed by atoms with Gasteiger partial charge in [0.05, 0.1) is 26.3 Å². The molecule has 1 unspecified atom stereocenters. The van der Waals surface area contributed by atoms with E-state index in [-0.39, 0.29) is 12.0 Å². The molecule has 2 aromatic carbocycles. The van der Waals surface area contributed by atoms with E-state index in [4.69, 9.17) is 18.9 Å². The fourth-order valence-electron chi connectivity index (χ4n) is 3.98. The summed E-state index contributed by atoms with van der Waals surface area (Å²) in [4.78, 5) is 53.4. The van der Waals surface area contributed by atoms with Gasteiger partial charge >= 0.3 is 0 Å². The van der Waals surface area contributed by atoms with Crippen molar-refractivity contribution in [1.29, 1.82) is 0 Å². The summed E-state index contributed by atoms with van der Waals surface area (Å²) < 4.78 is 21.5. The van der Waals surface area contributed by atoms with Crippen LogP contribution in [0.1, 0.15) is 30.6 Å². The van der Waals surface area contributed by atoms with Crippen molar-refractivity contribution >= 4 is 29.3 Å². The molecule has 0 aliphatic carbocycles. The number of methoxy groups -OCH3 is 2. The number of imide groups is 1. The number of amides is 4. The van der Waals surface area contributed by atoms with Gasteiger partial charge in [0.25, 0.3) is 11.8 Å². The molecule has 1 fully saturated rings. The third kappa shape index (κ3) is 4.64. The number of carbonyl (C=O) groups is 4. The van der Waals surface area contributed by atoms with Crippen LogP contribution in [0, 0.1) is 5.92 Å². The maximum absolute atomic E-state index is 13.4. The number of hydrogen-bond acceptors (Lipinski definition) is 8. The number of ether oxygens (including phenoxy) is 4. The topological polar surface area (TPSA) is 124 Å². The number of anilines is 1. The molecule has 1 atom stereocenters. The van der Waals surface area contributed by atoms with Crippen molar-refractivity contribution in [2.24, 2.45) is 5.92 Å². The Labute approximate surface area is 207 Å². The minimum absolute atomic E-state index is 0.176. The predicted octanol–water partition coefficient (Wildman–Crippen LogP) is 1.94. The van der Waals surface area contributed by atoms with E-state index in [1.807, 2.05) is 0 Å².